The van der Waals surface area contributed by atoms with Crippen LogP contribution >= 0.6 is 0 Å². The van der Waals surface area contributed by atoms with Crippen LogP contribution in [0.5, 0.6) is 0 Å². The van der Waals surface area contributed by atoms with E-state index in [-0.39, 0.29) is 11.6 Å². The van der Waals surface area contributed by atoms with E-state index in [1.54, 1.807) is 6.20 Å². The Labute approximate surface area is 218 Å². The number of likely N-dealkylation sites (tertiary alicyclic amines) is 1. The van der Waals surface area contributed by atoms with Gasteiger partial charge in [0.1, 0.15) is 0 Å². The zero-order valence-corrected chi connectivity index (χ0v) is 21.7. The van der Waals surface area contributed by atoms with E-state index in [0.717, 1.165) is 42.5 Å². The second-order valence-electron chi connectivity index (χ2n) is 10.2. The summed E-state index contributed by atoms with van der Waals surface area (Å²) in [4.78, 5) is 32.3. The average Bonchev–Trinajstić information content (AvgIpc) is 3.33. The van der Waals surface area contributed by atoms with Gasteiger partial charge in [0.05, 0.1) is 6.04 Å². The molecule has 0 unspecified atom stereocenters. The van der Waals surface area contributed by atoms with Gasteiger partial charge in [-0.2, -0.15) is 0 Å². The van der Waals surface area contributed by atoms with Crippen LogP contribution in [0.25, 0.3) is 10.9 Å². The Bertz CT molecular complexity index is 1370. The van der Waals surface area contributed by atoms with Crippen molar-refractivity contribution in [3.63, 3.8) is 0 Å². The zero-order chi connectivity index (χ0) is 25.8. The number of ketones is 2. The van der Waals surface area contributed by atoms with Gasteiger partial charge < -0.3 is 15.2 Å². The number of H-pyrrole nitrogens is 1. The van der Waals surface area contributed by atoms with E-state index in [1.807, 2.05) is 48.5 Å². The van der Waals surface area contributed by atoms with Gasteiger partial charge in [-0.1, -0.05) is 79.2 Å². The fourth-order valence-electron chi connectivity index (χ4n) is 5.23. The summed E-state index contributed by atoms with van der Waals surface area (Å²) in [5, 5.41) is 4.35. The molecule has 1 aliphatic rings. The molecule has 5 rings (SSSR count). The van der Waals surface area contributed by atoms with Gasteiger partial charge in [0.15, 0.2) is 11.6 Å². The standard InChI is InChI=1S/C32H35N3O2/c1-3-35-20-24(21-35)17-30(36)26-13-14-27-28(19-34-29(27)18-26)32(37)31(25-7-5-4-6-8-25)33-16-15-23-11-9-22(2)10-12-23/h4-14,18-19,24,31,33-34H,3,15-17,20-21H2,1-2H3/t31-/m0/s1. The predicted octanol–water partition coefficient (Wildman–Crippen LogP) is 5.76. The van der Waals surface area contributed by atoms with E-state index in [0.29, 0.717) is 30.0 Å². The molecule has 37 heavy (non-hydrogen) atoms. The molecule has 1 atom stereocenters. The normalized spacial score (nSPS) is 15.0. The molecule has 5 heteroatoms. The third-order valence-corrected chi connectivity index (χ3v) is 7.50. The molecule has 1 aromatic heterocycles. The summed E-state index contributed by atoms with van der Waals surface area (Å²) in [6.45, 7) is 7.97. The minimum atomic E-state index is -0.452. The molecule has 1 saturated heterocycles. The fraction of sp³-hybridized carbons (Fsp3) is 0.312. The second-order valence-corrected chi connectivity index (χ2v) is 10.2. The van der Waals surface area contributed by atoms with Crippen molar-refractivity contribution < 1.29 is 9.59 Å². The highest BCUT2D eigenvalue weighted by atomic mass is 16.1. The van der Waals surface area contributed by atoms with Gasteiger partial charge in [0.25, 0.3) is 0 Å². The molecule has 0 spiro atoms. The highest BCUT2D eigenvalue weighted by Gasteiger charge is 2.28. The fourth-order valence-corrected chi connectivity index (χ4v) is 5.23. The van der Waals surface area contributed by atoms with Crippen LogP contribution in [0.2, 0.25) is 0 Å². The van der Waals surface area contributed by atoms with E-state index >= 15 is 0 Å². The number of hydrogen-bond donors (Lipinski definition) is 2. The molecule has 4 aromatic rings. The van der Waals surface area contributed by atoms with Crippen LogP contribution in [-0.4, -0.2) is 47.6 Å². The molecule has 3 aromatic carbocycles. The molecule has 0 amide bonds. The Kier molecular flexibility index (Phi) is 7.63. The van der Waals surface area contributed by atoms with E-state index in [2.05, 4.69) is 53.3 Å². The quantitative estimate of drug-likeness (QED) is 0.261. The zero-order valence-electron chi connectivity index (χ0n) is 21.7. The van der Waals surface area contributed by atoms with Crippen LogP contribution in [-0.2, 0) is 6.42 Å². The number of aromatic nitrogens is 1. The maximum atomic E-state index is 13.8. The summed E-state index contributed by atoms with van der Waals surface area (Å²) < 4.78 is 0. The molecule has 1 aliphatic heterocycles. The number of nitrogens with zero attached hydrogens (tertiary/aromatic N) is 1. The van der Waals surface area contributed by atoms with Crippen molar-refractivity contribution in [2.75, 3.05) is 26.2 Å². The summed E-state index contributed by atoms with van der Waals surface area (Å²) in [7, 11) is 0. The van der Waals surface area contributed by atoms with Crippen LogP contribution in [0.3, 0.4) is 0 Å². The number of nitrogens with one attached hydrogen (secondary N) is 2. The van der Waals surface area contributed by atoms with Gasteiger partial charge in [-0.15, -0.1) is 0 Å². The summed E-state index contributed by atoms with van der Waals surface area (Å²) in [5.41, 5.74) is 5.60. The second kappa shape index (κ2) is 11.2. The largest absolute Gasteiger partial charge is 0.360 e. The Balaban J connectivity index is 1.32. The number of carbonyl (C=O) groups is 2. The van der Waals surface area contributed by atoms with Gasteiger partial charge in [-0.05, 0) is 43.0 Å². The third kappa shape index (κ3) is 5.74. The first kappa shape index (κ1) is 25.1. The molecule has 5 nitrogen and oxygen atoms in total. The first-order valence-electron chi connectivity index (χ1n) is 13.3. The lowest BCUT2D eigenvalue weighted by molar-refractivity contribution is 0.0767. The number of aryl methyl sites for hydroxylation is 1. The first-order valence-corrected chi connectivity index (χ1v) is 13.3. The maximum absolute atomic E-state index is 13.8. The molecule has 0 aliphatic carbocycles. The molecule has 0 bridgehead atoms. The van der Waals surface area contributed by atoms with Crippen LogP contribution in [0.15, 0.2) is 79.0 Å². The average molecular weight is 494 g/mol. The Morgan fingerprint density at radius 3 is 2.51 bits per heavy atom. The van der Waals surface area contributed by atoms with Gasteiger partial charge in [-0.3, -0.25) is 9.59 Å². The lowest BCUT2D eigenvalue weighted by Crippen LogP contribution is -2.46. The number of fused-ring (bicyclic) bond motifs is 1. The highest BCUT2D eigenvalue weighted by Crippen LogP contribution is 2.27. The molecule has 0 saturated carbocycles. The maximum Gasteiger partial charge on any atom is 0.186 e. The van der Waals surface area contributed by atoms with Gasteiger partial charge in [0.2, 0.25) is 0 Å². The van der Waals surface area contributed by atoms with Crippen molar-refractivity contribution >= 4 is 22.5 Å². The SMILES string of the molecule is CCN1CC(CC(=O)c2ccc3c(C(=O)[C@@H](NCCc4ccc(C)cc4)c4ccccc4)c[nH]c3c2)C1. The smallest absolute Gasteiger partial charge is 0.186 e. The van der Waals surface area contributed by atoms with E-state index in [9.17, 15) is 9.59 Å². The number of rotatable bonds is 11. The number of hydrogen-bond acceptors (Lipinski definition) is 4. The van der Waals surface area contributed by atoms with E-state index < -0.39 is 6.04 Å². The molecule has 2 N–H and O–H groups in total. The van der Waals surface area contributed by atoms with Crippen LogP contribution < -0.4 is 5.32 Å². The van der Waals surface area contributed by atoms with Crippen molar-refractivity contribution in [1.82, 2.24) is 15.2 Å². The monoisotopic (exact) mass is 493 g/mol. The summed E-state index contributed by atoms with van der Waals surface area (Å²) in [6.07, 6.45) is 3.20. The minimum absolute atomic E-state index is 0.0227. The first-order chi connectivity index (χ1) is 18.0. The van der Waals surface area contributed by atoms with Gasteiger partial charge >= 0.3 is 0 Å². The predicted molar refractivity (Wildman–Crippen MR) is 149 cm³/mol. The molecule has 0 radical (unpaired) electrons. The molecule has 190 valence electrons. The van der Waals surface area contributed by atoms with Crippen molar-refractivity contribution in [2.24, 2.45) is 5.92 Å². The van der Waals surface area contributed by atoms with Crippen LogP contribution in [0.1, 0.15) is 56.8 Å². The third-order valence-electron chi connectivity index (χ3n) is 7.50. The van der Waals surface area contributed by atoms with E-state index in [4.69, 9.17) is 0 Å². The van der Waals surface area contributed by atoms with Crippen molar-refractivity contribution in [2.45, 2.75) is 32.7 Å². The lowest BCUT2D eigenvalue weighted by atomic mass is 9.91. The Morgan fingerprint density at radius 1 is 1.03 bits per heavy atom. The molecule has 2 heterocycles. The molecular formula is C32H35N3O2. The summed E-state index contributed by atoms with van der Waals surface area (Å²) in [6, 6.07) is 23.6. The number of carbonyl (C=O) groups excluding carboxylic acids is 2. The van der Waals surface area contributed by atoms with Crippen LogP contribution in [0.4, 0.5) is 0 Å². The minimum Gasteiger partial charge on any atom is -0.360 e. The number of aromatic amines is 1. The van der Waals surface area contributed by atoms with Crippen molar-refractivity contribution in [3.05, 3.63) is 107 Å². The molecule has 1 fully saturated rings. The van der Waals surface area contributed by atoms with E-state index in [1.165, 1.54) is 11.1 Å². The topological polar surface area (TPSA) is 65.2 Å². The van der Waals surface area contributed by atoms with Gasteiger partial charge in [0, 0.05) is 54.3 Å². The van der Waals surface area contributed by atoms with Gasteiger partial charge in [-0.25, -0.2) is 0 Å². The number of benzene rings is 3. The van der Waals surface area contributed by atoms with Crippen molar-refractivity contribution in [3.8, 4) is 0 Å². The van der Waals surface area contributed by atoms with Crippen molar-refractivity contribution in [1.29, 1.82) is 0 Å². The Morgan fingerprint density at radius 2 is 1.78 bits per heavy atom. The molecular weight excluding hydrogens is 458 g/mol. The highest BCUT2D eigenvalue weighted by molar-refractivity contribution is 6.11. The lowest BCUT2D eigenvalue weighted by Gasteiger charge is -2.38. The Hall–Kier alpha value is -3.54. The summed E-state index contributed by atoms with van der Waals surface area (Å²) >= 11 is 0. The van der Waals surface area contributed by atoms with Crippen LogP contribution in [0, 0.1) is 12.8 Å². The number of Topliss-reactive ketones (excluding diaryl/α,β-unsaturated/α-hetero) is 2. The summed E-state index contributed by atoms with van der Waals surface area (Å²) in [5.74, 6) is 0.640.